The average molecular weight is 192 g/mol. The first-order chi connectivity index (χ1) is 6.35. The maximum absolute atomic E-state index is 8.44. The van der Waals surface area contributed by atoms with Gasteiger partial charge in [-0.2, -0.15) is 0 Å². The number of aliphatic hydroxyl groups excluding tert-OH is 2. The minimum Gasteiger partial charge on any atom is -0.394 e. The predicted octanol–water partition coefficient (Wildman–Crippen LogP) is 0.173. The molecule has 1 fully saturated rings. The van der Waals surface area contributed by atoms with Crippen molar-refractivity contribution in [2.75, 3.05) is 33.0 Å². The molecule has 1 rings (SSSR count). The smallest absolute Gasteiger partial charge is 0.0806 e. The van der Waals surface area contributed by atoms with Gasteiger partial charge < -0.3 is 19.7 Å². The average Bonchev–Trinajstić information content (AvgIpc) is 2.68. The van der Waals surface area contributed by atoms with E-state index < -0.39 is 0 Å². The van der Waals surface area contributed by atoms with Gasteiger partial charge in [-0.05, 0) is 19.8 Å². The van der Waals surface area contributed by atoms with Gasteiger partial charge in [-0.15, -0.1) is 0 Å². The van der Waals surface area contributed by atoms with Crippen molar-refractivity contribution in [2.45, 2.75) is 25.9 Å². The molecule has 0 amide bonds. The van der Waals surface area contributed by atoms with E-state index >= 15 is 0 Å². The van der Waals surface area contributed by atoms with Crippen LogP contribution in [0.3, 0.4) is 0 Å². The van der Waals surface area contributed by atoms with Crippen molar-refractivity contribution in [3.63, 3.8) is 0 Å². The van der Waals surface area contributed by atoms with Crippen molar-refractivity contribution in [1.82, 2.24) is 0 Å². The molecule has 1 atom stereocenters. The van der Waals surface area contributed by atoms with Gasteiger partial charge in [0.2, 0.25) is 0 Å². The summed E-state index contributed by atoms with van der Waals surface area (Å²) in [6, 6.07) is 0. The molecule has 1 aliphatic heterocycles. The van der Waals surface area contributed by atoms with Crippen LogP contribution in [-0.4, -0.2) is 49.4 Å². The van der Waals surface area contributed by atoms with E-state index in [-0.39, 0.29) is 19.3 Å². The van der Waals surface area contributed by atoms with Crippen molar-refractivity contribution in [3.8, 4) is 0 Å². The molecule has 80 valence electrons. The van der Waals surface area contributed by atoms with Crippen LogP contribution in [0.25, 0.3) is 0 Å². The van der Waals surface area contributed by atoms with E-state index in [9.17, 15) is 0 Å². The molecule has 0 saturated carbocycles. The van der Waals surface area contributed by atoms with E-state index in [0.29, 0.717) is 13.2 Å². The highest BCUT2D eigenvalue weighted by Gasteiger charge is 2.12. The highest BCUT2D eigenvalue weighted by molar-refractivity contribution is 4.61. The lowest BCUT2D eigenvalue weighted by atomic mass is 10.2. The zero-order valence-corrected chi connectivity index (χ0v) is 8.24. The predicted molar refractivity (Wildman–Crippen MR) is 49.6 cm³/mol. The van der Waals surface area contributed by atoms with Gasteiger partial charge in [-0.1, -0.05) is 0 Å². The van der Waals surface area contributed by atoms with Gasteiger partial charge in [-0.3, -0.25) is 0 Å². The number of rotatable bonds is 4. The minimum atomic E-state index is 0.133. The number of aliphatic hydroxyl groups is 2. The van der Waals surface area contributed by atoms with Crippen LogP contribution in [-0.2, 0) is 9.47 Å². The van der Waals surface area contributed by atoms with Crippen molar-refractivity contribution in [1.29, 1.82) is 0 Å². The first-order valence-corrected chi connectivity index (χ1v) is 4.76. The molecule has 0 bridgehead atoms. The molecule has 0 aromatic rings. The summed E-state index contributed by atoms with van der Waals surface area (Å²) in [7, 11) is 0. The lowest BCUT2D eigenvalue weighted by Crippen LogP contribution is -2.09. The number of hydrogen-bond acceptors (Lipinski definition) is 4. The van der Waals surface area contributed by atoms with Gasteiger partial charge in [0, 0.05) is 13.2 Å². The summed E-state index contributed by atoms with van der Waals surface area (Å²) in [6.45, 7) is 4.23. The standard InChI is InChI=1S/C5H10O2.C4H10O2/c6-4-5-2-1-3-7-5;1-2-6-4-3-5/h5-6H,1-4H2;5H,2-4H2,1H3. The summed E-state index contributed by atoms with van der Waals surface area (Å²) in [4.78, 5) is 0. The maximum atomic E-state index is 8.44. The SMILES string of the molecule is CCOCCO.OCC1CCCO1. The molecule has 1 saturated heterocycles. The van der Waals surface area contributed by atoms with Gasteiger partial charge >= 0.3 is 0 Å². The zero-order chi connectivity index (χ0) is 9.94. The summed E-state index contributed by atoms with van der Waals surface area (Å²) in [5.74, 6) is 0. The van der Waals surface area contributed by atoms with Crippen molar-refractivity contribution >= 4 is 0 Å². The van der Waals surface area contributed by atoms with Crippen molar-refractivity contribution in [3.05, 3.63) is 0 Å². The Morgan fingerprint density at radius 1 is 1.46 bits per heavy atom. The van der Waals surface area contributed by atoms with E-state index in [1.165, 1.54) is 0 Å². The molecule has 2 N–H and O–H groups in total. The number of hydrogen-bond donors (Lipinski definition) is 2. The Kier molecular flexibility index (Phi) is 9.80. The van der Waals surface area contributed by atoms with Crippen LogP contribution in [0.2, 0.25) is 0 Å². The van der Waals surface area contributed by atoms with E-state index in [0.717, 1.165) is 19.4 Å². The second-order valence-electron chi connectivity index (χ2n) is 2.74. The van der Waals surface area contributed by atoms with Crippen LogP contribution in [0.4, 0.5) is 0 Å². The fourth-order valence-corrected chi connectivity index (χ4v) is 0.997. The van der Waals surface area contributed by atoms with Crippen LogP contribution in [0.5, 0.6) is 0 Å². The Morgan fingerprint density at radius 3 is 2.46 bits per heavy atom. The minimum absolute atomic E-state index is 0.133. The monoisotopic (exact) mass is 192 g/mol. The third kappa shape index (κ3) is 8.18. The van der Waals surface area contributed by atoms with Gasteiger partial charge in [0.1, 0.15) is 0 Å². The van der Waals surface area contributed by atoms with Crippen LogP contribution in [0.15, 0.2) is 0 Å². The molecular weight excluding hydrogens is 172 g/mol. The third-order valence-electron chi connectivity index (χ3n) is 1.67. The van der Waals surface area contributed by atoms with E-state index in [4.69, 9.17) is 19.7 Å². The molecule has 4 nitrogen and oxygen atoms in total. The molecule has 4 heteroatoms. The first-order valence-electron chi connectivity index (χ1n) is 4.76. The molecular formula is C9H20O4. The third-order valence-corrected chi connectivity index (χ3v) is 1.67. The lowest BCUT2D eigenvalue weighted by molar-refractivity contribution is 0.0591. The second-order valence-corrected chi connectivity index (χ2v) is 2.74. The molecule has 0 radical (unpaired) electrons. The summed E-state index contributed by atoms with van der Waals surface area (Å²) < 4.78 is 9.78. The normalized spacial score (nSPS) is 21.0. The van der Waals surface area contributed by atoms with E-state index in [1.807, 2.05) is 6.92 Å². The summed E-state index contributed by atoms with van der Waals surface area (Å²) in [5.41, 5.74) is 0. The van der Waals surface area contributed by atoms with Crippen LogP contribution in [0, 0.1) is 0 Å². The van der Waals surface area contributed by atoms with E-state index in [2.05, 4.69) is 0 Å². The topological polar surface area (TPSA) is 58.9 Å². The summed E-state index contributed by atoms with van der Waals surface area (Å²) in [6.07, 6.45) is 2.31. The van der Waals surface area contributed by atoms with Gasteiger partial charge in [0.25, 0.3) is 0 Å². The second kappa shape index (κ2) is 9.92. The molecule has 1 unspecified atom stereocenters. The van der Waals surface area contributed by atoms with Crippen LogP contribution in [0.1, 0.15) is 19.8 Å². The van der Waals surface area contributed by atoms with Crippen LogP contribution < -0.4 is 0 Å². The molecule has 0 spiro atoms. The summed E-state index contributed by atoms with van der Waals surface area (Å²) in [5, 5.41) is 16.5. The van der Waals surface area contributed by atoms with Crippen molar-refractivity contribution < 1.29 is 19.7 Å². The Labute approximate surface area is 79.5 Å². The Morgan fingerprint density at radius 2 is 2.23 bits per heavy atom. The largest absolute Gasteiger partial charge is 0.394 e. The first kappa shape index (κ1) is 12.8. The maximum Gasteiger partial charge on any atom is 0.0806 e. The molecule has 1 heterocycles. The molecule has 0 aromatic carbocycles. The summed E-state index contributed by atoms with van der Waals surface area (Å²) >= 11 is 0. The lowest BCUT2D eigenvalue weighted by Gasteiger charge is -2.00. The Hall–Kier alpha value is -0.160. The Bertz CT molecular complexity index is 87.6. The fraction of sp³-hybridized carbons (Fsp3) is 1.00. The molecule has 13 heavy (non-hydrogen) atoms. The molecule has 0 aliphatic carbocycles. The molecule has 1 aliphatic rings. The van der Waals surface area contributed by atoms with Gasteiger partial charge in [-0.25, -0.2) is 0 Å². The van der Waals surface area contributed by atoms with Gasteiger partial charge in [0.05, 0.1) is 25.9 Å². The Balaban J connectivity index is 0.000000226. The zero-order valence-electron chi connectivity index (χ0n) is 8.24. The molecule has 0 aromatic heterocycles. The fourth-order valence-electron chi connectivity index (χ4n) is 0.997. The van der Waals surface area contributed by atoms with E-state index in [1.54, 1.807) is 0 Å². The van der Waals surface area contributed by atoms with Crippen LogP contribution >= 0.6 is 0 Å². The quantitative estimate of drug-likeness (QED) is 0.623. The van der Waals surface area contributed by atoms with Gasteiger partial charge in [0.15, 0.2) is 0 Å². The van der Waals surface area contributed by atoms with Crippen molar-refractivity contribution in [2.24, 2.45) is 0 Å². The number of ether oxygens (including phenoxy) is 2. The highest BCUT2D eigenvalue weighted by Crippen LogP contribution is 2.09. The highest BCUT2D eigenvalue weighted by atomic mass is 16.5.